The predicted molar refractivity (Wildman–Crippen MR) is 70.1 cm³/mol. The molecule has 2 aromatic heterocycles. The van der Waals surface area contributed by atoms with Gasteiger partial charge in [-0.15, -0.1) is 5.10 Å². The Morgan fingerprint density at radius 3 is 2.94 bits per heavy atom. The SMILES string of the molecule is CCCc1nn(C)c(NCCn2ccnn2)c1N. The standard InChI is InChI=1S/C11H19N7/c1-3-4-9-10(12)11(17(2)15-9)13-5-7-18-8-6-14-16-18/h6,8,13H,3-5,7,12H2,1-2H3. The molecule has 2 rings (SSSR count). The smallest absolute Gasteiger partial charge is 0.147 e. The molecule has 3 N–H and O–H groups in total. The molecular formula is C11H19N7. The zero-order chi connectivity index (χ0) is 13.0. The van der Waals surface area contributed by atoms with Gasteiger partial charge in [-0.2, -0.15) is 5.10 Å². The highest BCUT2D eigenvalue weighted by molar-refractivity contribution is 5.64. The van der Waals surface area contributed by atoms with Gasteiger partial charge in [-0.3, -0.25) is 9.36 Å². The van der Waals surface area contributed by atoms with Crippen LogP contribution >= 0.6 is 0 Å². The van der Waals surface area contributed by atoms with Crippen LogP contribution in [0.25, 0.3) is 0 Å². The lowest BCUT2D eigenvalue weighted by molar-refractivity contribution is 0.606. The van der Waals surface area contributed by atoms with Gasteiger partial charge in [0.1, 0.15) is 5.82 Å². The number of rotatable bonds is 6. The van der Waals surface area contributed by atoms with Gasteiger partial charge in [-0.1, -0.05) is 18.6 Å². The van der Waals surface area contributed by atoms with Crippen LogP contribution in [0.15, 0.2) is 12.4 Å². The molecule has 0 atom stereocenters. The Balaban J connectivity index is 1.96. The first kappa shape index (κ1) is 12.4. The van der Waals surface area contributed by atoms with E-state index in [9.17, 15) is 0 Å². The Kier molecular flexibility index (Phi) is 3.81. The maximum absolute atomic E-state index is 6.07. The van der Waals surface area contributed by atoms with E-state index in [1.165, 1.54) is 0 Å². The molecule has 98 valence electrons. The van der Waals surface area contributed by atoms with Crippen LogP contribution in [0.3, 0.4) is 0 Å². The van der Waals surface area contributed by atoms with Gasteiger partial charge >= 0.3 is 0 Å². The largest absolute Gasteiger partial charge is 0.394 e. The van der Waals surface area contributed by atoms with E-state index in [0.717, 1.165) is 43.1 Å². The molecular weight excluding hydrogens is 230 g/mol. The maximum atomic E-state index is 6.07. The summed E-state index contributed by atoms with van der Waals surface area (Å²) in [6, 6.07) is 0. The van der Waals surface area contributed by atoms with Crippen LogP contribution in [0.4, 0.5) is 11.5 Å². The average molecular weight is 249 g/mol. The fourth-order valence-corrected chi connectivity index (χ4v) is 1.87. The number of anilines is 2. The number of nitrogens with two attached hydrogens (primary N) is 1. The van der Waals surface area contributed by atoms with Gasteiger partial charge in [0.05, 0.1) is 24.1 Å². The third-order valence-corrected chi connectivity index (χ3v) is 2.75. The minimum atomic E-state index is 0.735. The third kappa shape index (κ3) is 2.61. The summed E-state index contributed by atoms with van der Waals surface area (Å²) in [7, 11) is 1.90. The van der Waals surface area contributed by atoms with Crippen LogP contribution in [0.5, 0.6) is 0 Å². The Morgan fingerprint density at radius 2 is 2.28 bits per heavy atom. The van der Waals surface area contributed by atoms with Crippen molar-refractivity contribution >= 4 is 11.5 Å². The summed E-state index contributed by atoms with van der Waals surface area (Å²) in [5.41, 5.74) is 7.78. The van der Waals surface area contributed by atoms with Crippen molar-refractivity contribution in [3.63, 3.8) is 0 Å². The molecule has 0 aliphatic carbocycles. The Bertz CT molecular complexity index is 486. The van der Waals surface area contributed by atoms with Crippen LogP contribution in [-0.2, 0) is 20.0 Å². The molecule has 2 heterocycles. The first-order valence-corrected chi connectivity index (χ1v) is 6.11. The molecule has 0 spiro atoms. The molecule has 0 fully saturated rings. The summed E-state index contributed by atoms with van der Waals surface area (Å²) >= 11 is 0. The lowest BCUT2D eigenvalue weighted by Gasteiger charge is -2.07. The molecule has 7 nitrogen and oxygen atoms in total. The van der Waals surface area contributed by atoms with Crippen molar-refractivity contribution in [3.05, 3.63) is 18.1 Å². The average Bonchev–Trinajstić information content (AvgIpc) is 2.93. The first-order chi connectivity index (χ1) is 8.72. The lowest BCUT2D eigenvalue weighted by atomic mass is 10.2. The third-order valence-electron chi connectivity index (χ3n) is 2.75. The van der Waals surface area contributed by atoms with Crippen molar-refractivity contribution in [2.45, 2.75) is 26.3 Å². The van der Waals surface area contributed by atoms with Crippen molar-refractivity contribution in [1.82, 2.24) is 24.8 Å². The molecule has 0 saturated heterocycles. The van der Waals surface area contributed by atoms with Gasteiger partial charge in [-0.05, 0) is 6.42 Å². The van der Waals surface area contributed by atoms with Crippen molar-refractivity contribution in [2.75, 3.05) is 17.6 Å². The second kappa shape index (κ2) is 5.52. The second-order valence-electron chi connectivity index (χ2n) is 4.18. The van der Waals surface area contributed by atoms with Gasteiger partial charge in [0.2, 0.25) is 0 Å². The summed E-state index contributed by atoms with van der Waals surface area (Å²) in [4.78, 5) is 0. The second-order valence-corrected chi connectivity index (χ2v) is 4.18. The van der Waals surface area contributed by atoms with E-state index in [4.69, 9.17) is 5.73 Å². The van der Waals surface area contributed by atoms with Crippen molar-refractivity contribution in [3.8, 4) is 0 Å². The molecule has 0 aliphatic rings. The Hall–Kier alpha value is -2.05. The molecule has 0 amide bonds. The molecule has 2 aromatic rings. The van der Waals surface area contributed by atoms with Crippen LogP contribution in [0.2, 0.25) is 0 Å². The fraction of sp³-hybridized carbons (Fsp3) is 0.545. The normalized spacial score (nSPS) is 10.8. The van der Waals surface area contributed by atoms with E-state index in [1.54, 1.807) is 15.6 Å². The number of nitrogens with zero attached hydrogens (tertiary/aromatic N) is 5. The zero-order valence-corrected chi connectivity index (χ0v) is 10.8. The molecule has 0 aliphatic heterocycles. The Morgan fingerprint density at radius 1 is 1.44 bits per heavy atom. The lowest BCUT2D eigenvalue weighted by Crippen LogP contribution is -2.14. The van der Waals surface area contributed by atoms with E-state index in [2.05, 4.69) is 27.7 Å². The molecule has 0 unspecified atom stereocenters. The van der Waals surface area contributed by atoms with Crippen LogP contribution in [0.1, 0.15) is 19.0 Å². The number of aromatic nitrogens is 5. The molecule has 0 aromatic carbocycles. The van der Waals surface area contributed by atoms with E-state index < -0.39 is 0 Å². The predicted octanol–water partition coefficient (Wildman–Crippen LogP) is 0.658. The monoisotopic (exact) mass is 249 g/mol. The summed E-state index contributed by atoms with van der Waals surface area (Å²) < 4.78 is 3.56. The molecule has 0 saturated carbocycles. The summed E-state index contributed by atoms with van der Waals surface area (Å²) in [5, 5.41) is 15.3. The highest BCUT2D eigenvalue weighted by Gasteiger charge is 2.11. The quantitative estimate of drug-likeness (QED) is 0.785. The number of nitrogen functional groups attached to an aromatic ring is 1. The minimum absolute atomic E-state index is 0.735. The van der Waals surface area contributed by atoms with Gasteiger partial charge in [0.15, 0.2) is 0 Å². The molecule has 7 heteroatoms. The van der Waals surface area contributed by atoms with Gasteiger partial charge < -0.3 is 11.1 Å². The van der Waals surface area contributed by atoms with E-state index in [-0.39, 0.29) is 0 Å². The van der Waals surface area contributed by atoms with Crippen LogP contribution in [-0.4, -0.2) is 31.3 Å². The number of hydrogen-bond acceptors (Lipinski definition) is 5. The zero-order valence-electron chi connectivity index (χ0n) is 10.8. The highest BCUT2D eigenvalue weighted by Crippen LogP contribution is 2.22. The summed E-state index contributed by atoms with van der Waals surface area (Å²) in [5.74, 6) is 0.874. The summed E-state index contributed by atoms with van der Waals surface area (Å²) in [6.07, 6.45) is 5.44. The fourth-order valence-electron chi connectivity index (χ4n) is 1.87. The van der Waals surface area contributed by atoms with Crippen molar-refractivity contribution in [1.29, 1.82) is 0 Å². The number of nitrogens with one attached hydrogen (secondary N) is 1. The topological polar surface area (TPSA) is 86.6 Å². The van der Waals surface area contributed by atoms with Crippen LogP contribution < -0.4 is 11.1 Å². The van der Waals surface area contributed by atoms with Gasteiger partial charge in [0, 0.05) is 19.8 Å². The molecule has 0 radical (unpaired) electrons. The van der Waals surface area contributed by atoms with Gasteiger partial charge in [-0.25, -0.2) is 0 Å². The first-order valence-electron chi connectivity index (χ1n) is 6.11. The molecule has 0 bridgehead atoms. The minimum Gasteiger partial charge on any atom is -0.394 e. The maximum Gasteiger partial charge on any atom is 0.147 e. The Labute approximate surface area is 106 Å². The highest BCUT2D eigenvalue weighted by atomic mass is 15.4. The number of hydrogen-bond donors (Lipinski definition) is 2. The van der Waals surface area contributed by atoms with Gasteiger partial charge in [0.25, 0.3) is 0 Å². The van der Waals surface area contributed by atoms with E-state index in [0.29, 0.717) is 0 Å². The van der Waals surface area contributed by atoms with Crippen LogP contribution in [0, 0.1) is 0 Å². The van der Waals surface area contributed by atoms with Crippen molar-refractivity contribution < 1.29 is 0 Å². The van der Waals surface area contributed by atoms with Crippen molar-refractivity contribution in [2.24, 2.45) is 7.05 Å². The number of aryl methyl sites for hydroxylation is 2. The van der Waals surface area contributed by atoms with E-state index in [1.807, 2.05) is 13.2 Å². The summed E-state index contributed by atoms with van der Waals surface area (Å²) in [6.45, 7) is 3.60. The van der Waals surface area contributed by atoms with E-state index >= 15 is 0 Å². The molecule has 18 heavy (non-hydrogen) atoms.